The van der Waals surface area contributed by atoms with Gasteiger partial charge >= 0.3 is 5.69 Å². The predicted molar refractivity (Wildman–Crippen MR) is 129 cm³/mol. The van der Waals surface area contributed by atoms with E-state index in [1.54, 1.807) is 24.9 Å². The van der Waals surface area contributed by atoms with Crippen molar-refractivity contribution in [2.45, 2.75) is 19.4 Å². The van der Waals surface area contributed by atoms with E-state index in [4.69, 9.17) is 4.74 Å². The standard InChI is InChI=1S/C24H26N6O3/c1-28-21-20(22(31)29(2)24(28)32)30(15-7-10-17-8-5-4-6-9-17)23(26-21)27-25-16-18-11-13-19(33-3)14-12-18/h4-6,8-9,11-14,16H,7,10,15H2,1-3H3,(H,26,27). The second kappa shape index (κ2) is 9.56. The maximum absolute atomic E-state index is 12.9. The Kier molecular flexibility index (Phi) is 6.39. The Morgan fingerprint density at radius 1 is 1.03 bits per heavy atom. The molecule has 4 rings (SSSR count). The lowest BCUT2D eigenvalue weighted by atomic mass is 10.1. The van der Waals surface area contributed by atoms with Crippen molar-refractivity contribution in [2.24, 2.45) is 19.2 Å². The Labute approximate surface area is 190 Å². The van der Waals surface area contributed by atoms with Gasteiger partial charge in [0, 0.05) is 20.6 Å². The Bertz CT molecular complexity index is 1400. The molecule has 0 amide bonds. The number of aromatic nitrogens is 4. The molecule has 9 heteroatoms. The lowest BCUT2D eigenvalue weighted by molar-refractivity contribution is 0.415. The van der Waals surface area contributed by atoms with Crippen LogP contribution < -0.4 is 21.4 Å². The normalized spacial score (nSPS) is 11.4. The highest BCUT2D eigenvalue weighted by Crippen LogP contribution is 2.17. The Morgan fingerprint density at radius 2 is 1.76 bits per heavy atom. The van der Waals surface area contributed by atoms with Crippen LogP contribution in [0, 0.1) is 0 Å². The minimum absolute atomic E-state index is 0.324. The highest BCUT2D eigenvalue weighted by molar-refractivity contribution is 5.80. The van der Waals surface area contributed by atoms with E-state index in [0.29, 0.717) is 23.7 Å². The summed E-state index contributed by atoms with van der Waals surface area (Å²) in [5, 5.41) is 4.30. The van der Waals surface area contributed by atoms with Crippen molar-refractivity contribution in [2.75, 3.05) is 12.5 Å². The molecule has 0 aliphatic carbocycles. The second-order valence-corrected chi connectivity index (χ2v) is 7.70. The van der Waals surface area contributed by atoms with Gasteiger partial charge in [0.25, 0.3) is 5.56 Å². The number of benzene rings is 2. The van der Waals surface area contributed by atoms with E-state index in [0.717, 1.165) is 28.7 Å². The van der Waals surface area contributed by atoms with Gasteiger partial charge in [-0.05, 0) is 48.2 Å². The average Bonchev–Trinajstić information content (AvgIpc) is 3.21. The molecule has 2 heterocycles. The Morgan fingerprint density at radius 3 is 2.45 bits per heavy atom. The molecular formula is C24H26N6O3. The van der Waals surface area contributed by atoms with Gasteiger partial charge < -0.3 is 9.30 Å². The molecule has 9 nitrogen and oxygen atoms in total. The molecule has 4 aromatic rings. The zero-order valence-corrected chi connectivity index (χ0v) is 18.9. The van der Waals surface area contributed by atoms with Crippen molar-refractivity contribution in [3.05, 3.63) is 86.6 Å². The van der Waals surface area contributed by atoms with Crippen LogP contribution in [0.1, 0.15) is 17.5 Å². The largest absolute Gasteiger partial charge is 0.497 e. The first kappa shape index (κ1) is 22.1. The summed E-state index contributed by atoms with van der Waals surface area (Å²) in [5.74, 6) is 1.17. The molecular weight excluding hydrogens is 420 g/mol. The molecule has 170 valence electrons. The SMILES string of the molecule is COc1ccc(C=NNc2nc3c(c(=O)n(C)c(=O)n3C)n2CCCc2ccccc2)cc1. The minimum Gasteiger partial charge on any atom is -0.497 e. The van der Waals surface area contributed by atoms with Crippen LogP contribution in [0.15, 0.2) is 69.3 Å². The number of ether oxygens (including phenoxy) is 1. The summed E-state index contributed by atoms with van der Waals surface area (Å²) in [7, 11) is 4.70. The molecule has 2 aromatic carbocycles. The minimum atomic E-state index is -0.422. The van der Waals surface area contributed by atoms with E-state index in [1.807, 2.05) is 42.5 Å². The molecule has 0 spiro atoms. The summed E-state index contributed by atoms with van der Waals surface area (Å²) in [6, 6.07) is 17.6. The summed E-state index contributed by atoms with van der Waals surface area (Å²) >= 11 is 0. The molecule has 33 heavy (non-hydrogen) atoms. The molecule has 0 saturated heterocycles. The van der Waals surface area contributed by atoms with Gasteiger partial charge in [-0.2, -0.15) is 10.1 Å². The molecule has 0 saturated carbocycles. The first-order chi connectivity index (χ1) is 16.0. The summed E-state index contributed by atoms with van der Waals surface area (Å²) < 4.78 is 9.44. The van der Waals surface area contributed by atoms with Gasteiger partial charge in [-0.3, -0.25) is 13.9 Å². The molecule has 0 aliphatic heterocycles. The van der Waals surface area contributed by atoms with Crippen LogP contribution in [0.25, 0.3) is 11.2 Å². The molecule has 2 aromatic heterocycles. The molecule has 0 fully saturated rings. The highest BCUT2D eigenvalue weighted by atomic mass is 16.5. The molecule has 0 bridgehead atoms. The van der Waals surface area contributed by atoms with Gasteiger partial charge in [0.15, 0.2) is 11.2 Å². The fourth-order valence-electron chi connectivity index (χ4n) is 3.69. The van der Waals surface area contributed by atoms with Crippen molar-refractivity contribution in [3.63, 3.8) is 0 Å². The third-order valence-electron chi connectivity index (χ3n) is 5.53. The molecule has 0 radical (unpaired) electrons. The first-order valence-electron chi connectivity index (χ1n) is 10.6. The van der Waals surface area contributed by atoms with Gasteiger partial charge in [0.1, 0.15) is 5.75 Å². The number of hydrogen-bond donors (Lipinski definition) is 1. The Balaban J connectivity index is 1.66. The number of rotatable bonds is 8. The monoisotopic (exact) mass is 446 g/mol. The lowest BCUT2D eigenvalue weighted by Gasteiger charge is -2.09. The number of aryl methyl sites for hydroxylation is 3. The van der Waals surface area contributed by atoms with E-state index in [-0.39, 0.29) is 5.56 Å². The quantitative estimate of drug-likeness (QED) is 0.332. The molecule has 0 atom stereocenters. The van der Waals surface area contributed by atoms with Gasteiger partial charge in [0.05, 0.1) is 13.3 Å². The van der Waals surface area contributed by atoms with Crippen molar-refractivity contribution in [1.82, 2.24) is 18.7 Å². The zero-order valence-electron chi connectivity index (χ0n) is 18.9. The maximum Gasteiger partial charge on any atom is 0.332 e. The molecule has 1 N–H and O–H groups in total. The van der Waals surface area contributed by atoms with Gasteiger partial charge in [-0.25, -0.2) is 10.2 Å². The van der Waals surface area contributed by atoms with Crippen LogP contribution in [0.3, 0.4) is 0 Å². The van der Waals surface area contributed by atoms with Crippen LogP contribution in [0.4, 0.5) is 5.95 Å². The number of nitrogens with zero attached hydrogens (tertiary/aromatic N) is 5. The van der Waals surface area contributed by atoms with Gasteiger partial charge in [0.2, 0.25) is 5.95 Å². The summed E-state index contributed by atoms with van der Waals surface area (Å²) in [6.45, 7) is 0.541. The zero-order chi connectivity index (χ0) is 23.4. The third-order valence-corrected chi connectivity index (χ3v) is 5.53. The lowest BCUT2D eigenvalue weighted by Crippen LogP contribution is -2.37. The Hall–Kier alpha value is -4.14. The molecule has 0 unspecified atom stereocenters. The summed E-state index contributed by atoms with van der Waals surface area (Å²) in [6.07, 6.45) is 3.30. The summed E-state index contributed by atoms with van der Waals surface area (Å²) in [5.41, 5.74) is 4.93. The fourth-order valence-corrected chi connectivity index (χ4v) is 3.69. The highest BCUT2D eigenvalue weighted by Gasteiger charge is 2.18. The summed E-state index contributed by atoms with van der Waals surface area (Å²) in [4.78, 5) is 29.9. The van der Waals surface area contributed by atoms with Gasteiger partial charge in [-0.1, -0.05) is 30.3 Å². The van der Waals surface area contributed by atoms with Crippen LogP contribution in [-0.4, -0.2) is 32.0 Å². The van der Waals surface area contributed by atoms with Crippen LogP contribution >= 0.6 is 0 Å². The van der Waals surface area contributed by atoms with Crippen molar-refractivity contribution >= 4 is 23.3 Å². The van der Waals surface area contributed by atoms with Crippen LogP contribution in [0.5, 0.6) is 5.75 Å². The van der Waals surface area contributed by atoms with Crippen LogP contribution in [0.2, 0.25) is 0 Å². The van der Waals surface area contributed by atoms with E-state index < -0.39 is 5.69 Å². The van der Waals surface area contributed by atoms with E-state index in [9.17, 15) is 9.59 Å². The van der Waals surface area contributed by atoms with Crippen molar-refractivity contribution < 1.29 is 4.74 Å². The fraction of sp³-hybridized carbons (Fsp3) is 0.250. The number of fused-ring (bicyclic) bond motifs is 1. The van der Waals surface area contributed by atoms with Crippen molar-refractivity contribution in [1.29, 1.82) is 0 Å². The second-order valence-electron chi connectivity index (χ2n) is 7.70. The number of hydrogen-bond acceptors (Lipinski definition) is 6. The third kappa shape index (κ3) is 4.57. The average molecular weight is 447 g/mol. The van der Waals surface area contributed by atoms with E-state index >= 15 is 0 Å². The number of methoxy groups -OCH3 is 1. The first-order valence-corrected chi connectivity index (χ1v) is 10.6. The number of hydrazone groups is 1. The molecule has 0 aliphatic rings. The van der Waals surface area contributed by atoms with E-state index in [2.05, 4.69) is 27.6 Å². The predicted octanol–water partition coefficient (Wildman–Crippen LogP) is 2.52. The topological polar surface area (TPSA) is 95.4 Å². The maximum atomic E-state index is 12.9. The smallest absolute Gasteiger partial charge is 0.332 e. The number of imidazole rings is 1. The number of anilines is 1. The van der Waals surface area contributed by atoms with Crippen LogP contribution in [-0.2, 0) is 27.1 Å². The number of nitrogens with one attached hydrogen (secondary N) is 1. The van der Waals surface area contributed by atoms with Crippen molar-refractivity contribution in [3.8, 4) is 5.75 Å². The van der Waals surface area contributed by atoms with Gasteiger partial charge in [-0.15, -0.1) is 0 Å². The van der Waals surface area contributed by atoms with E-state index in [1.165, 1.54) is 17.2 Å².